The van der Waals surface area contributed by atoms with Crippen molar-refractivity contribution >= 4 is 17.8 Å². The van der Waals surface area contributed by atoms with Crippen LogP contribution in [0.2, 0.25) is 0 Å². The molecule has 3 rings (SSSR count). The van der Waals surface area contributed by atoms with Gasteiger partial charge in [0.25, 0.3) is 0 Å². The van der Waals surface area contributed by atoms with Gasteiger partial charge in [-0.1, -0.05) is 24.3 Å². The van der Waals surface area contributed by atoms with Gasteiger partial charge in [-0.05, 0) is 47.5 Å². The number of benzene rings is 1. The highest BCUT2D eigenvalue weighted by Gasteiger charge is 1.95. The van der Waals surface area contributed by atoms with Gasteiger partial charge < -0.3 is 5.32 Å². The molecule has 0 radical (unpaired) electrons. The van der Waals surface area contributed by atoms with E-state index in [1.807, 2.05) is 54.7 Å². The molecular weight excluding hydrogens is 289 g/mol. The molecule has 3 nitrogen and oxygen atoms in total. The van der Waals surface area contributed by atoms with Crippen molar-refractivity contribution < 1.29 is 4.39 Å². The number of pyridine rings is 2. The van der Waals surface area contributed by atoms with Crippen molar-refractivity contribution in [1.82, 2.24) is 9.97 Å². The zero-order valence-corrected chi connectivity index (χ0v) is 12.5. The lowest BCUT2D eigenvalue weighted by Crippen LogP contribution is -1.99. The van der Waals surface area contributed by atoms with Gasteiger partial charge >= 0.3 is 0 Å². The number of anilines is 1. The number of rotatable bonds is 5. The lowest BCUT2D eigenvalue weighted by Gasteiger charge is -2.06. The van der Waals surface area contributed by atoms with Crippen LogP contribution in [-0.2, 0) is 6.54 Å². The normalized spacial score (nSPS) is 10.8. The van der Waals surface area contributed by atoms with Crippen LogP contribution in [-0.4, -0.2) is 9.97 Å². The van der Waals surface area contributed by atoms with Crippen molar-refractivity contribution in [2.45, 2.75) is 6.54 Å². The molecule has 0 atom stereocenters. The molecule has 23 heavy (non-hydrogen) atoms. The molecule has 2 aromatic heterocycles. The Kier molecular flexibility index (Phi) is 4.74. The van der Waals surface area contributed by atoms with Gasteiger partial charge in [0.05, 0.1) is 11.9 Å². The van der Waals surface area contributed by atoms with Gasteiger partial charge in [0.1, 0.15) is 5.82 Å². The van der Waals surface area contributed by atoms with Crippen LogP contribution < -0.4 is 5.32 Å². The van der Waals surface area contributed by atoms with Gasteiger partial charge in [-0.25, -0.2) is 4.39 Å². The third kappa shape index (κ3) is 4.48. The SMILES string of the molecule is Fc1ccc(/C=C/c2ccc(NCc3cccnc3)cc2)nc1. The van der Waals surface area contributed by atoms with E-state index in [0.29, 0.717) is 0 Å². The first-order valence-electron chi connectivity index (χ1n) is 7.32. The third-order valence-electron chi connectivity index (χ3n) is 3.33. The maximum absolute atomic E-state index is 12.8. The fourth-order valence-electron chi connectivity index (χ4n) is 2.09. The quantitative estimate of drug-likeness (QED) is 0.759. The first-order valence-corrected chi connectivity index (χ1v) is 7.32. The van der Waals surface area contributed by atoms with Crippen LogP contribution >= 0.6 is 0 Å². The predicted octanol–water partition coefficient (Wildman–Crippen LogP) is 4.40. The summed E-state index contributed by atoms with van der Waals surface area (Å²) in [6.45, 7) is 0.739. The number of halogens is 1. The minimum absolute atomic E-state index is 0.328. The average Bonchev–Trinajstić information content (AvgIpc) is 2.61. The van der Waals surface area contributed by atoms with E-state index in [2.05, 4.69) is 15.3 Å². The van der Waals surface area contributed by atoms with Crippen LogP contribution in [0.25, 0.3) is 12.2 Å². The Morgan fingerprint density at radius 1 is 0.957 bits per heavy atom. The van der Waals surface area contributed by atoms with E-state index < -0.39 is 0 Å². The Bertz CT molecular complexity index is 766. The fourth-order valence-corrected chi connectivity index (χ4v) is 2.09. The zero-order chi connectivity index (χ0) is 15.9. The van der Waals surface area contributed by atoms with E-state index >= 15 is 0 Å². The van der Waals surface area contributed by atoms with Crippen molar-refractivity contribution in [2.24, 2.45) is 0 Å². The van der Waals surface area contributed by atoms with Crippen molar-refractivity contribution in [1.29, 1.82) is 0 Å². The maximum Gasteiger partial charge on any atom is 0.141 e. The second-order valence-electron chi connectivity index (χ2n) is 5.07. The molecule has 2 heterocycles. The highest BCUT2D eigenvalue weighted by atomic mass is 19.1. The molecule has 0 aliphatic heterocycles. The summed E-state index contributed by atoms with van der Waals surface area (Å²) in [7, 11) is 0. The summed E-state index contributed by atoms with van der Waals surface area (Å²) in [6.07, 6.45) is 8.63. The number of hydrogen-bond acceptors (Lipinski definition) is 3. The summed E-state index contributed by atoms with van der Waals surface area (Å²) in [4.78, 5) is 8.08. The third-order valence-corrected chi connectivity index (χ3v) is 3.33. The van der Waals surface area contributed by atoms with Crippen LogP contribution in [0.5, 0.6) is 0 Å². The largest absolute Gasteiger partial charge is 0.381 e. The van der Waals surface area contributed by atoms with E-state index in [4.69, 9.17) is 0 Å². The topological polar surface area (TPSA) is 37.8 Å². The molecule has 0 bridgehead atoms. The summed E-state index contributed by atoms with van der Waals surface area (Å²) < 4.78 is 12.8. The van der Waals surface area contributed by atoms with Gasteiger partial charge in [-0.15, -0.1) is 0 Å². The molecule has 4 heteroatoms. The molecule has 0 spiro atoms. The van der Waals surface area contributed by atoms with Gasteiger partial charge in [0.2, 0.25) is 0 Å². The Balaban J connectivity index is 1.59. The van der Waals surface area contributed by atoms with Crippen molar-refractivity contribution in [3.05, 3.63) is 89.8 Å². The smallest absolute Gasteiger partial charge is 0.141 e. The van der Waals surface area contributed by atoms with Crippen LogP contribution in [0.3, 0.4) is 0 Å². The highest BCUT2D eigenvalue weighted by Crippen LogP contribution is 2.13. The first-order chi connectivity index (χ1) is 11.3. The predicted molar refractivity (Wildman–Crippen MR) is 91.1 cm³/mol. The second kappa shape index (κ2) is 7.31. The van der Waals surface area contributed by atoms with E-state index in [-0.39, 0.29) is 5.82 Å². The van der Waals surface area contributed by atoms with Crippen LogP contribution in [0.1, 0.15) is 16.8 Å². The first kappa shape index (κ1) is 14.9. The lowest BCUT2D eigenvalue weighted by molar-refractivity contribution is 0.621. The average molecular weight is 305 g/mol. The Hall–Kier alpha value is -3.01. The molecule has 0 aliphatic carbocycles. The van der Waals surface area contributed by atoms with E-state index in [1.54, 1.807) is 12.3 Å². The molecule has 0 amide bonds. The summed E-state index contributed by atoms with van der Waals surface area (Å²) in [5.74, 6) is -0.328. The minimum atomic E-state index is -0.328. The van der Waals surface area contributed by atoms with Crippen LogP contribution in [0.15, 0.2) is 67.1 Å². The van der Waals surface area contributed by atoms with Crippen LogP contribution in [0, 0.1) is 5.82 Å². The van der Waals surface area contributed by atoms with Gasteiger partial charge in [-0.2, -0.15) is 0 Å². The maximum atomic E-state index is 12.8. The number of nitrogens with one attached hydrogen (secondary N) is 1. The summed E-state index contributed by atoms with van der Waals surface area (Å²) in [5, 5.41) is 3.35. The van der Waals surface area contributed by atoms with Crippen molar-refractivity contribution in [3.63, 3.8) is 0 Å². The molecule has 114 valence electrons. The Labute approximate surface area is 134 Å². The molecule has 0 aliphatic rings. The highest BCUT2D eigenvalue weighted by molar-refractivity contribution is 5.68. The molecule has 0 saturated heterocycles. The molecule has 3 aromatic rings. The molecular formula is C19H16FN3. The molecule has 0 unspecified atom stereocenters. The Morgan fingerprint density at radius 3 is 2.52 bits per heavy atom. The Morgan fingerprint density at radius 2 is 1.83 bits per heavy atom. The fraction of sp³-hybridized carbons (Fsp3) is 0.0526. The number of aromatic nitrogens is 2. The zero-order valence-electron chi connectivity index (χ0n) is 12.5. The standard InChI is InChI=1S/C19H16FN3/c20-17-6-10-19(23-14-17)9-5-15-3-7-18(8-4-15)22-13-16-2-1-11-21-12-16/h1-12,14,22H,13H2/b9-5+. The molecule has 1 aromatic carbocycles. The van der Waals surface area contributed by atoms with Gasteiger partial charge in [0, 0.05) is 24.6 Å². The van der Waals surface area contributed by atoms with Crippen LogP contribution in [0.4, 0.5) is 10.1 Å². The minimum Gasteiger partial charge on any atom is -0.381 e. The van der Waals surface area contributed by atoms with E-state index in [9.17, 15) is 4.39 Å². The second-order valence-corrected chi connectivity index (χ2v) is 5.07. The van der Waals surface area contributed by atoms with Crippen molar-refractivity contribution in [3.8, 4) is 0 Å². The van der Waals surface area contributed by atoms with Crippen molar-refractivity contribution in [2.75, 3.05) is 5.32 Å². The van der Waals surface area contributed by atoms with E-state index in [0.717, 1.165) is 29.1 Å². The lowest BCUT2D eigenvalue weighted by atomic mass is 10.1. The molecule has 0 fully saturated rings. The summed E-state index contributed by atoms with van der Waals surface area (Å²) in [5.41, 5.74) is 3.97. The number of nitrogens with zero attached hydrogens (tertiary/aromatic N) is 2. The van der Waals surface area contributed by atoms with Gasteiger partial charge in [0.15, 0.2) is 0 Å². The van der Waals surface area contributed by atoms with E-state index in [1.165, 1.54) is 12.3 Å². The molecule has 1 N–H and O–H groups in total. The molecule has 0 saturated carbocycles. The summed E-state index contributed by atoms with van der Waals surface area (Å²) in [6, 6.07) is 15.1. The monoisotopic (exact) mass is 305 g/mol. The number of hydrogen-bond donors (Lipinski definition) is 1. The van der Waals surface area contributed by atoms with Gasteiger partial charge in [-0.3, -0.25) is 9.97 Å². The summed E-state index contributed by atoms with van der Waals surface area (Å²) >= 11 is 0.